The topological polar surface area (TPSA) is 3.24 Å². The predicted octanol–water partition coefficient (Wildman–Crippen LogP) is 4.02. The molecule has 0 aromatic heterocycles. The van der Waals surface area contributed by atoms with Crippen molar-refractivity contribution in [2.75, 3.05) is 25.5 Å². The lowest BCUT2D eigenvalue weighted by Crippen LogP contribution is -2.38. The molecule has 15 heavy (non-hydrogen) atoms. The molecular weight excluding hydrogens is 250 g/mol. The zero-order valence-corrected chi connectivity index (χ0v) is 13.1. The fraction of sp³-hybridized carbons (Fsp3) is 1.00. The second-order valence-corrected chi connectivity index (χ2v) is 7.62. The Morgan fingerprint density at radius 2 is 1.53 bits per heavy atom. The number of alkyl halides is 1. The van der Waals surface area contributed by atoms with E-state index < -0.39 is 0 Å². The van der Waals surface area contributed by atoms with Crippen LogP contribution in [0.15, 0.2) is 0 Å². The van der Waals surface area contributed by atoms with Crippen LogP contribution in [0, 0.1) is 16.7 Å². The lowest BCUT2D eigenvalue weighted by molar-refractivity contribution is 0.153. The molecule has 0 amide bonds. The maximum Gasteiger partial charge on any atom is 0.00768 e. The van der Waals surface area contributed by atoms with Crippen LogP contribution in [-0.2, 0) is 0 Å². The first-order valence-electron chi connectivity index (χ1n) is 5.81. The number of rotatable bonds is 4. The summed E-state index contributed by atoms with van der Waals surface area (Å²) in [5, 5.41) is 1.09. The van der Waals surface area contributed by atoms with Crippen LogP contribution >= 0.6 is 15.9 Å². The van der Waals surface area contributed by atoms with E-state index in [0.29, 0.717) is 16.7 Å². The molecule has 1 nitrogen and oxygen atoms in total. The monoisotopic (exact) mass is 277 g/mol. The number of nitrogens with zero attached hydrogens (tertiary/aromatic N) is 1. The van der Waals surface area contributed by atoms with Crippen LogP contribution in [0.1, 0.15) is 41.5 Å². The quantitative estimate of drug-likeness (QED) is 0.702. The summed E-state index contributed by atoms with van der Waals surface area (Å²) in [6.07, 6.45) is 0. The minimum atomic E-state index is 0.385. The highest BCUT2D eigenvalue weighted by atomic mass is 79.9. The lowest BCUT2D eigenvalue weighted by atomic mass is 9.81. The van der Waals surface area contributed by atoms with E-state index in [2.05, 4.69) is 69.4 Å². The Balaban J connectivity index is 4.20. The van der Waals surface area contributed by atoms with E-state index in [4.69, 9.17) is 0 Å². The SMILES string of the molecule is CN(CC(CBr)C(C)(C)C)CC(C)(C)C. The lowest BCUT2D eigenvalue weighted by Gasteiger charge is -2.35. The van der Waals surface area contributed by atoms with Crippen molar-refractivity contribution < 1.29 is 0 Å². The van der Waals surface area contributed by atoms with Gasteiger partial charge in [0.1, 0.15) is 0 Å². The van der Waals surface area contributed by atoms with Crippen molar-refractivity contribution in [3.05, 3.63) is 0 Å². The van der Waals surface area contributed by atoms with Crippen molar-refractivity contribution in [3.8, 4) is 0 Å². The second kappa shape index (κ2) is 5.67. The first-order chi connectivity index (χ1) is 6.56. The van der Waals surface area contributed by atoms with Gasteiger partial charge in [0, 0.05) is 18.4 Å². The van der Waals surface area contributed by atoms with Gasteiger partial charge in [0.05, 0.1) is 0 Å². The van der Waals surface area contributed by atoms with E-state index in [1.165, 1.54) is 6.54 Å². The summed E-state index contributed by atoms with van der Waals surface area (Å²) in [7, 11) is 2.23. The van der Waals surface area contributed by atoms with Gasteiger partial charge in [-0.2, -0.15) is 0 Å². The van der Waals surface area contributed by atoms with Crippen LogP contribution in [-0.4, -0.2) is 30.4 Å². The number of halogens is 1. The van der Waals surface area contributed by atoms with Gasteiger partial charge in [-0.1, -0.05) is 57.5 Å². The van der Waals surface area contributed by atoms with Crippen LogP contribution < -0.4 is 0 Å². The number of hydrogen-bond donors (Lipinski definition) is 0. The van der Waals surface area contributed by atoms with Crippen LogP contribution in [0.5, 0.6) is 0 Å². The molecule has 0 saturated heterocycles. The van der Waals surface area contributed by atoms with E-state index in [-0.39, 0.29) is 0 Å². The van der Waals surface area contributed by atoms with Gasteiger partial charge in [0.25, 0.3) is 0 Å². The molecule has 0 aromatic rings. The Morgan fingerprint density at radius 1 is 1.07 bits per heavy atom. The second-order valence-electron chi connectivity index (χ2n) is 6.97. The summed E-state index contributed by atoms with van der Waals surface area (Å²) in [6.45, 7) is 16.2. The van der Waals surface area contributed by atoms with Crippen molar-refractivity contribution >= 4 is 15.9 Å². The van der Waals surface area contributed by atoms with Crippen LogP contribution in [0.25, 0.3) is 0 Å². The molecule has 0 bridgehead atoms. The molecule has 0 aliphatic heterocycles. The molecule has 1 atom stereocenters. The van der Waals surface area contributed by atoms with E-state index in [9.17, 15) is 0 Å². The van der Waals surface area contributed by atoms with Crippen molar-refractivity contribution in [2.45, 2.75) is 41.5 Å². The zero-order valence-electron chi connectivity index (χ0n) is 11.5. The first-order valence-corrected chi connectivity index (χ1v) is 6.93. The third-order valence-corrected chi connectivity index (χ3v) is 3.47. The van der Waals surface area contributed by atoms with Crippen molar-refractivity contribution in [3.63, 3.8) is 0 Å². The summed E-state index contributed by atoms with van der Waals surface area (Å²) < 4.78 is 0. The highest BCUT2D eigenvalue weighted by molar-refractivity contribution is 9.09. The Morgan fingerprint density at radius 3 is 1.80 bits per heavy atom. The summed E-state index contributed by atoms with van der Waals surface area (Å²) in [5.41, 5.74) is 0.777. The largest absolute Gasteiger partial charge is 0.306 e. The Hall–Kier alpha value is 0.440. The summed E-state index contributed by atoms with van der Waals surface area (Å²) in [6, 6.07) is 0. The minimum Gasteiger partial charge on any atom is -0.306 e. The fourth-order valence-electron chi connectivity index (χ4n) is 1.80. The van der Waals surface area contributed by atoms with Crippen molar-refractivity contribution in [1.29, 1.82) is 0 Å². The Kier molecular flexibility index (Phi) is 5.84. The molecule has 0 radical (unpaired) electrons. The molecule has 0 aliphatic carbocycles. The van der Waals surface area contributed by atoms with Gasteiger partial charge < -0.3 is 4.90 Å². The fourth-order valence-corrected chi connectivity index (χ4v) is 2.98. The molecule has 0 aliphatic rings. The zero-order chi connectivity index (χ0) is 12.3. The molecule has 0 heterocycles. The van der Waals surface area contributed by atoms with Crippen molar-refractivity contribution in [2.24, 2.45) is 16.7 Å². The van der Waals surface area contributed by atoms with Crippen LogP contribution in [0.3, 0.4) is 0 Å². The van der Waals surface area contributed by atoms with Gasteiger partial charge in [0.2, 0.25) is 0 Å². The standard InChI is InChI=1S/C13H28BrN/c1-12(2,3)10-15(7)9-11(8-14)13(4,5)6/h11H,8-10H2,1-7H3. The maximum atomic E-state index is 3.63. The molecule has 2 heteroatoms. The highest BCUT2D eigenvalue weighted by Crippen LogP contribution is 2.28. The third-order valence-electron chi connectivity index (χ3n) is 2.69. The van der Waals surface area contributed by atoms with Gasteiger partial charge >= 0.3 is 0 Å². The third kappa shape index (κ3) is 7.35. The minimum absolute atomic E-state index is 0.385. The molecule has 0 spiro atoms. The van der Waals surface area contributed by atoms with Gasteiger partial charge in [-0.05, 0) is 23.8 Å². The van der Waals surface area contributed by atoms with E-state index in [0.717, 1.165) is 11.9 Å². The van der Waals surface area contributed by atoms with Gasteiger partial charge in [-0.15, -0.1) is 0 Å². The normalized spacial score (nSPS) is 15.8. The van der Waals surface area contributed by atoms with Gasteiger partial charge in [0.15, 0.2) is 0 Å². The number of hydrogen-bond acceptors (Lipinski definition) is 1. The smallest absolute Gasteiger partial charge is 0.00768 e. The van der Waals surface area contributed by atoms with Crippen molar-refractivity contribution in [1.82, 2.24) is 4.90 Å². The summed E-state index contributed by atoms with van der Waals surface area (Å²) >= 11 is 3.63. The molecular formula is C13H28BrN. The first kappa shape index (κ1) is 15.4. The average molecular weight is 278 g/mol. The van der Waals surface area contributed by atoms with E-state index in [1.54, 1.807) is 0 Å². The van der Waals surface area contributed by atoms with Crippen LogP contribution in [0.4, 0.5) is 0 Å². The molecule has 0 N–H and O–H groups in total. The summed E-state index contributed by atoms with van der Waals surface area (Å²) in [4.78, 5) is 2.46. The Labute approximate surface area is 105 Å². The molecule has 0 rings (SSSR count). The van der Waals surface area contributed by atoms with E-state index >= 15 is 0 Å². The molecule has 92 valence electrons. The van der Waals surface area contributed by atoms with Crippen LogP contribution in [0.2, 0.25) is 0 Å². The van der Waals surface area contributed by atoms with Gasteiger partial charge in [-0.25, -0.2) is 0 Å². The molecule has 0 fully saturated rings. The molecule has 1 unspecified atom stereocenters. The molecule has 0 saturated carbocycles. The maximum absolute atomic E-state index is 3.63. The predicted molar refractivity (Wildman–Crippen MR) is 73.7 cm³/mol. The van der Waals surface area contributed by atoms with E-state index in [1.807, 2.05) is 0 Å². The molecule has 0 aromatic carbocycles. The van der Waals surface area contributed by atoms with Gasteiger partial charge in [-0.3, -0.25) is 0 Å². The Bertz CT molecular complexity index is 176. The summed E-state index contributed by atoms with van der Waals surface area (Å²) in [5.74, 6) is 0.713. The highest BCUT2D eigenvalue weighted by Gasteiger charge is 2.25. The average Bonchev–Trinajstić information content (AvgIpc) is 1.94.